The van der Waals surface area contributed by atoms with Gasteiger partial charge in [-0.3, -0.25) is 9.59 Å². The van der Waals surface area contributed by atoms with Crippen LogP contribution in [-0.4, -0.2) is 52.9 Å². The summed E-state index contributed by atoms with van der Waals surface area (Å²) < 4.78 is 1.90. The molecule has 3 rings (SSSR count). The van der Waals surface area contributed by atoms with Crippen LogP contribution in [-0.2, 0) is 11.3 Å². The highest BCUT2D eigenvalue weighted by molar-refractivity contribution is 5.94. The van der Waals surface area contributed by atoms with E-state index in [0.29, 0.717) is 31.6 Å². The maximum absolute atomic E-state index is 12.7. The molecule has 0 saturated carbocycles. The molecule has 132 valence electrons. The van der Waals surface area contributed by atoms with Crippen LogP contribution in [0.3, 0.4) is 0 Å². The second-order valence-electron chi connectivity index (χ2n) is 6.06. The predicted octanol–water partition coefficient (Wildman–Crippen LogP) is 0.806. The fraction of sp³-hybridized carbons (Fsp3) is 0.389. The van der Waals surface area contributed by atoms with Crippen molar-refractivity contribution >= 4 is 11.8 Å². The van der Waals surface area contributed by atoms with Crippen LogP contribution in [0.15, 0.2) is 43.0 Å². The van der Waals surface area contributed by atoms with Gasteiger partial charge < -0.3 is 20.1 Å². The molecule has 0 unspecified atom stereocenters. The zero-order valence-electron chi connectivity index (χ0n) is 14.3. The minimum Gasteiger partial charge on any atom is -0.355 e. The Kier molecular flexibility index (Phi) is 5.45. The Labute approximate surface area is 147 Å². The number of aromatic nitrogens is 2. The van der Waals surface area contributed by atoms with E-state index in [1.807, 2.05) is 33.9 Å². The van der Waals surface area contributed by atoms with E-state index in [4.69, 9.17) is 0 Å². The molecular formula is C18H23N5O2. The van der Waals surface area contributed by atoms with E-state index in [9.17, 15) is 9.59 Å². The Balaban J connectivity index is 1.74. The number of nitrogens with one attached hydrogen (secondary N) is 2. The molecule has 1 aliphatic rings. The van der Waals surface area contributed by atoms with Crippen molar-refractivity contribution in [3.8, 4) is 0 Å². The minimum atomic E-state index is -0.122. The monoisotopic (exact) mass is 341 g/mol. The zero-order chi connectivity index (χ0) is 17.6. The lowest BCUT2D eigenvalue weighted by Crippen LogP contribution is -2.48. The lowest BCUT2D eigenvalue weighted by Gasteiger charge is -2.37. The third-order valence-electron chi connectivity index (χ3n) is 4.47. The summed E-state index contributed by atoms with van der Waals surface area (Å²) in [5.74, 6) is -0.00542. The van der Waals surface area contributed by atoms with Crippen molar-refractivity contribution in [3.05, 3.63) is 54.1 Å². The van der Waals surface area contributed by atoms with Crippen molar-refractivity contribution in [1.29, 1.82) is 0 Å². The lowest BCUT2D eigenvalue weighted by atomic mass is 10.00. The highest BCUT2D eigenvalue weighted by Crippen LogP contribution is 2.24. The van der Waals surface area contributed by atoms with E-state index in [2.05, 4.69) is 15.6 Å². The predicted molar refractivity (Wildman–Crippen MR) is 94.0 cm³/mol. The van der Waals surface area contributed by atoms with Crippen LogP contribution in [0.4, 0.5) is 0 Å². The molecule has 0 bridgehead atoms. The van der Waals surface area contributed by atoms with Gasteiger partial charge in [0, 0.05) is 57.6 Å². The number of carbonyl (C=O) groups excluding carboxylic acids is 2. The summed E-state index contributed by atoms with van der Waals surface area (Å²) in [4.78, 5) is 30.5. The summed E-state index contributed by atoms with van der Waals surface area (Å²) in [6.07, 6.45) is 5.72. The molecule has 25 heavy (non-hydrogen) atoms. The molecule has 2 amide bonds. The molecule has 2 N–H and O–H groups in total. The van der Waals surface area contributed by atoms with Gasteiger partial charge in [-0.2, -0.15) is 0 Å². The third kappa shape index (κ3) is 4.06. The fourth-order valence-corrected chi connectivity index (χ4v) is 3.12. The van der Waals surface area contributed by atoms with Crippen LogP contribution in [0.2, 0.25) is 0 Å². The quantitative estimate of drug-likeness (QED) is 0.843. The van der Waals surface area contributed by atoms with E-state index >= 15 is 0 Å². The van der Waals surface area contributed by atoms with Crippen molar-refractivity contribution in [1.82, 2.24) is 25.1 Å². The maximum Gasteiger partial charge on any atom is 0.251 e. The maximum atomic E-state index is 12.7. The summed E-state index contributed by atoms with van der Waals surface area (Å²) in [7, 11) is 1.61. The van der Waals surface area contributed by atoms with Gasteiger partial charge in [-0.1, -0.05) is 12.1 Å². The number of benzene rings is 1. The molecule has 1 fully saturated rings. The molecule has 7 nitrogen and oxygen atoms in total. The van der Waals surface area contributed by atoms with Crippen LogP contribution in [0.5, 0.6) is 0 Å². The Morgan fingerprint density at radius 2 is 2.28 bits per heavy atom. The normalized spacial score (nSPS) is 17.3. The van der Waals surface area contributed by atoms with E-state index in [1.54, 1.807) is 25.6 Å². The van der Waals surface area contributed by atoms with Crippen molar-refractivity contribution in [3.63, 3.8) is 0 Å². The van der Waals surface area contributed by atoms with Gasteiger partial charge in [0.15, 0.2) is 0 Å². The number of amides is 2. The molecule has 1 aromatic heterocycles. The van der Waals surface area contributed by atoms with Crippen LogP contribution in [0, 0.1) is 0 Å². The fourth-order valence-electron chi connectivity index (χ4n) is 3.12. The van der Waals surface area contributed by atoms with Gasteiger partial charge >= 0.3 is 0 Å². The number of piperazine rings is 1. The first kappa shape index (κ1) is 17.2. The number of imidazole rings is 1. The van der Waals surface area contributed by atoms with Gasteiger partial charge in [0.2, 0.25) is 5.91 Å². The summed E-state index contributed by atoms with van der Waals surface area (Å²) in [6, 6.07) is 7.42. The largest absolute Gasteiger partial charge is 0.355 e. The lowest BCUT2D eigenvalue weighted by molar-refractivity contribution is -0.134. The van der Waals surface area contributed by atoms with Gasteiger partial charge in [0.25, 0.3) is 5.91 Å². The molecule has 2 aromatic rings. The minimum absolute atomic E-state index is 0.0614. The van der Waals surface area contributed by atoms with Crippen LogP contribution < -0.4 is 10.6 Å². The van der Waals surface area contributed by atoms with Crippen molar-refractivity contribution in [2.75, 3.05) is 26.7 Å². The van der Waals surface area contributed by atoms with E-state index in [0.717, 1.165) is 12.1 Å². The molecule has 0 spiro atoms. The average molecular weight is 341 g/mol. The second-order valence-corrected chi connectivity index (χ2v) is 6.06. The summed E-state index contributed by atoms with van der Waals surface area (Å²) in [6.45, 7) is 2.75. The molecule has 0 aliphatic carbocycles. The van der Waals surface area contributed by atoms with Crippen LogP contribution in [0.25, 0.3) is 0 Å². The Bertz CT molecular complexity index is 729. The van der Waals surface area contributed by atoms with Gasteiger partial charge in [-0.25, -0.2) is 4.98 Å². The van der Waals surface area contributed by atoms with Gasteiger partial charge in [-0.15, -0.1) is 0 Å². The van der Waals surface area contributed by atoms with Crippen LogP contribution >= 0.6 is 0 Å². The smallest absolute Gasteiger partial charge is 0.251 e. The second kappa shape index (κ2) is 7.94. The molecule has 0 radical (unpaired) electrons. The highest BCUT2D eigenvalue weighted by Gasteiger charge is 2.27. The summed E-state index contributed by atoms with van der Waals surface area (Å²) >= 11 is 0. The molecule has 7 heteroatoms. The number of rotatable bonds is 5. The molecule has 2 heterocycles. The Morgan fingerprint density at radius 3 is 3.04 bits per heavy atom. The van der Waals surface area contributed by atoms with Crippen molar-refractivity contribution in [2.24, 2.45) is 0 Å². The topological polar surface area (TPSA) is 79.3 Å². The first-order valence-corrected chi connectivity index (χ1v) is 8.47. The molecule has 1 aliphatic heterocycles. The Hall–Kier alpha value is -2.67. The van der Waals surface area contributed by atoms with E-state index in [-0.39, 0.29) is 17.9 Å². The molecule has 1 saturated heterocycles. The third-order valence-corrected chi connectivity index (χ3v) is 4.47. The van der Waals surface area contributed by atoms with Gasteiger partial charge in [0.1, 0.15) is 0 Å². The highest BCUT2D eigenvalue weighted by atomic mass is 16.2. The van der Waals surface area contributed by atoms with E-state index in [1.165, 1.54) is 0 Å². The first-order chi connectivity index (χ1) is 12.2. The first-order valence-electron chi connectivity index (χ1n) is 8.47. The summed E-state index contributed by atoms with van der Waals surface area (Å²) in [5.41, 5.74) is 1.58. The SMILES string of the molecule is CNC(=O)c1cccc([C@H]2CNCCN2C(=O)CCn2ccnc2)c1. The average Bonchev–Trinajstić information content (AvgIpc) is 3.19. The van der Waals surface area contributed by atoms with E-state index < -0.39 is 0 Å². The van der Waals surface area contributed by atoms with Crippen molar-refractivity contribution in [2.45, 2.75) is 19.0 Å². The number of hydrogen-bond acceptors (Lipinski definition) is 4. The van der Waals surface area contributed by atoms with Gasteiger partial charge in [-0.05, 0) is 17.7 Å². The molecular weight excluding hydrogens is 318 g/mol. The van der Waals surface area contributed by atoms with Crippen molar-refractivity contribution < 1.29 is 9.59 Å². The number of carbonyl (C=O) groups is 2. The molecule has 1 aromatic carbocycles. The standard InChI is InChI=1S/C18H23N5O2/c1-19-18(25)15-4-2-3-14(11-15)16-12-20-7-10-23(16)17(24)5-8-22-9-6-21-13-22/h2-4,6,9,11,13,16,20H,5,7-8,10,12H2,1H3,(H,19,25)/t16-/m1/s1. The number of nitrogens with zero attached hydrogens (tertiary/aromatic N) is 3. The van der Waals surface area contributed by atoms with Gasteiger partial charge in [0.05, 0.1) is 12.4 Å². The Morgan fingerprint density at radius 1 is 1.40 bits per heavy atom. The summed E-state index contributed by atoms with van der Waals surface area (Å²) in [5, 5.41) is 5.98. The number of aryl methyl sites for hydroxylation is 1. The molecule has 1 atom stereocenters. The zero-order valence-corrected chi connectivity index (χ0v) is 14.3. The van der Waals surface area contributed by atoms with Crippen LogP contribution in [0.1, 0.15) is 28.4 Å². The number of hydrogen-bond donors (Lipinski definition) is 2.